The summed E-state index contributed by atoms with van der Waals surface area (Å²) >= 11 is 1.69. The summed E-state index contributed by atoms with van der Waals surface area (Å²) in [5.74, 6) is 0.955. The summed E-state index contributed by atoms with van der Waals surface area (Å²) in [5.41, 5.74) is 1.13. The third-order valence-corrected chi connectivity index (χ3v) is 6.27. The average Bonchev–Trinajstić information content (AvgIpc) is 3.15. The lowest BCUT2D eigenvalue weighted by molar-refractivity contribution is -0.00161. The highest BCUT2D eigenvalue weighted by atomic mass is 32.1. The Morgan fingerprint density at radius 1 is 1.50 bits per heavy atom. The summed E-state index contributed by atoms with van der Waals surface area (Å²) < 4.78 is 12.2. The lowest BCUT2D eigenvalue weighted by Gasteiger charge is -2.31. The molecule has 0 amide bonds. The first kappa shape index (κ1) is 15.1. The number of aromatic nitrogens is 1. The monoisotopic (exact) mass is 322 g/mol. The van der Waals surface area contributed by atoms with E-state index in [1.807, 2.05) is 6.92 Å². The molecule has 3 fully saturated rings. The van der Waals surface area contributed by atoms with Crippen LogP contribution in [0.3, 0.4) is 0 Å². The van der Waals surface area contributed by atoms with E-state index < -0.39 is 0 Å². The summed E-state index contributed by atoms with van der Waals surface area (Å²) in [6, 6.07) is 0. The van der Waals surface area contributed by atoms with Crippen LogP contribution in [-0.4, -0.2) is 47.8 Å². The van der Waals surface area contributed by atoms with Gasteiger partial charge in [-0.1, -0.05) is 6.42 Å². The van der Waals surface area contributed by atoms with Crippen molar-refractivity contribution in [1.82, 2.24) is 9.88 Å². The molecule has 1 aliphatic carbocycles. The van der Waals surface area contributed by atoms with Crippen LogP contribution >= 0.6 is 11.3 Å². The maximum atomic E-state index is 6.19. The summed E-state index contributed by atoms with van der Waals surface area (Å²) in [4.78, 5) is 7.09. The maximum Gasteiger partial charge on any atom is 0.0901 e. The van der Waals surface area contributed by atoms with Crippen molar-refractivity contribution in [2.75, 3.05) is 26.2 Å². The first-order chi connectivity index (χ1) is 10.7. The Morgan fingerprint density at radius 2 is 2.41 bits per heavy atom. The Bertz CT molecular complexity index is 517. The van der Waals surface area contributed by atoms with Crippen LogP contribution in [0.5, 0.6) is 0 Å². The third kappa shape index (κ3) is 3.23. The van der Waals surface area contributed by atoms with Gasteiger partial charge in [-0.15, -0.1) is 11.3 Å². The molecule has 1 saturated carbocycles. The Balaban J connectivity index is 1.25. The highest BCUT2D eigenvalue weighted by Crippen LogP contribution is 2.38. The smallest absolute Gasteiger partial charge is 0.0901 e. The summed E-state index contributed by atoms with van der Waals surface area (Å²) in [6.07, 6.45) is 6.77. The number of hydrogen-bond donors (Lipinski definition) is 0. The standard InChI is InChI=1S/C17H26N2O2S/c1-13-18-15(11-22-13)9-20-16-7-17(21-10-16)5-6-19(12-17)8-14-3-2-4-14/h11,14,16H,2-10,12H2,1H3/t16-,17-/m1/s1. The lowest BCUT2D eigenvalue weighted by Crippen LogP contribution is -2.36. The highest BCUT2D eigenvalue weighted by molar-refractivity contribution is 7.09. The van der Waals surface area contributed by atoms with Gasteiger partial charge < -0.3 is 14.4 Å². The predicted octanol–water partition coefficient (Wildman–Crippen LogP) is 3.00. The number of nitrogens with zero attached hydrogens (tertiary/aromatic N) is 2. The molecular weight excluding hydrogens is 296 g/mol. The molecule has 122 valence electrons. The van der Waals surface area contributed by atoms with Gasteiger partial charge in [0.15, 0.2) is 0 Å². The van der Waals surface area contributed by atoms with Crippen molar-refractivity contribution >= 4 is 11.3 Å². The number of thiazole rings is 1. The molecule has 3 heterocycles. The van der Waals surface area contributed by atoms with Gasteiger partial charge in [0.25, 0.3) is 0 Å². The average molecular weight is 322 g/mol. The van der Waals surface area contributed by atoms with Crippen LogP contribution in [0.2, 0.25) is 0 Å². The second-order valence-corrected chi connectivity index (χ2v) is 8.33. The zero-order chi connectivity index (χ0) is 15.0. The number of hydrogen-bond acceptors (Lipinski definition) is 5. The van der Waals surface area contributed by atoms with Gasteiger partial charge in [0.2, 0.25) is 0 Å². The van der Waals surface area contributed by atoms with E-state index in [1.54, 1.807) is 11.3 Å². The second-order valence-electron chi connectivity index (χ2n) is 7.27. The Hall–Kier alpha value is -0.490. The fourth-order valence-corrected chi connectivity index (χ4v) is 4.59. The summed E-state index contributed by atoms with van der Waals surface area (Å²) in [7, 11) is 0. The first-order valence-corrected chi connectivity index (χ1v) is 9.48. The first-order valence-electron chi connectivity index (χ1n) is 8.60. The van der Waals surface area contributed by atoms with Crippen LogP contribution in [0.25, 0.3) is 0 Å². The zero-order valence-corrected chi connectivity index (χ0v) is 14.2. The van der Waals surface area contributed by atoms with E-state index in [9.17, 15) is 0 Å². The Labute approximate surface area is 136 Å². The molecule has 2 saturated heterocycles. The van der Waals surface area contributed by atoms with E-state index in [0.29, 0.717) is 6.61 Å². The van der Waals surface area contributed by atoms with Crippen molar-refractivity contribution in [2.45, 2.75) is 57.3 Å². The molecule has 4 nitrogen and oxygen atoms in total. The second kappa shape index (κ2) is 6.19. The zero-order valence-electron chi connectivity index (χ0n) is 13.4. The van der Waals surface area contributed by atoms with Gasteiger partial charge in [-0.05, 0) is 32.1 Å². The van der Waals surface area contributed by atoms with Crippen LogP contribution in [0, 0.1) is 12.8 Å². The number of rotatable bonds is 5. The fourth-order valence-electron chi connectivity index (χ4n) is 4.00. The van der Waals surface area contributed by atoms with Crippen molar-refractivity contribution in [3.63, 3.8) is 0 Å². The van der Waals surface area contributed by atoms with E-state index in [1.165, 1.54) is 38.8 Å². The normalized spacial score (nSPS) is 32.9. The van der Waals surface area contributed by atoms with Crippen molar-refractivity contribution in [2.24, 2.45) is 5.92 Å². The molecule has 2 atom stereocenters. The van der Waals surface area contributed by atoms with Crippen LogP contribution in [0.1, 0.15) is 42.8 Å². The molecule has 4 rings (SSSR count). The minimum Gasteiger partial charge on any atom is -0.371 e. The lowest BCUT2D eigenvalue weighted by atomic mass is 9.85. The quantitative estimate of drug-likeness (QED) is 0.835. The molecule has 0 aromatic carbocycles. The SMILES string of the molecule is Cc1nc(CO[C@H]2CO[C@]3(CCN(CC4CCC4)C3)C2)cs1. The molecule has 3 aliphatic rings. The number of likely N-dealkylation sites (tertiary alicyclic amines) is 1. The molecular formula is C17H26N2O2S. The summed E-state index contributed by atoms with van der Waals surface area (Å²) in [5, 5.41) is 3.21. The molecule has 0 radical (unpaired) electrons. The minimum absolute atomic E-state index is 0.0758. The van der Waals surface area contributed by atoms with Crippen molar-refractivity contribution < 1.29 is 9.47 Å². The molecule has 1 aromatic rings. The van der Waals surface area contributed by atoms with Crippen LogP contribution in [0.4, 0.5) is 0 Å². The van der Waals surface area contributed by atoms with Crippen LogP contribution in [0.15, 0.2) is 5.38 Å². The molecule has 1 aromatic heterocycles. The molecule has 0 bridgehead atoms. The predicted molar refractivity (Wildman–Crippen MR) is 87.1 cm³/mol. The van der Waals surface area contributed by atoms with Gasteiger partial charge in [-0.2, -0.15) is 0 Å². The Morgan fingerprint density at radius 3 is 3.14 bits per heavy atom. The van der Waals surface area contributed by atoms with E-state index in [2.05, 4.69) is 15.3 Å². The third-order valence-electron chi connectivity index (χ3n) is 5.45. The van der Waals surface area contributed by atoms with Crippen LogP contribution < -0.4 is 0 Å². The van der Waals surface area contributed by atoms with E-state index in [4.69, 9.17) is 9.47 Å². The van der Waals surface area contributed by atoms with Gasteiger partial charge in [-0.3, -0.25) is 0 Å². The molecule has 1 spiro atoms. The van der Waals surface area contributed by atoms with Gasteiger partial charge >= 0.3 is 0 Å². The van der Waals surface area contributed by atoms with E-state index >= 15 is 0 Å². The largest absolute Gasteiger partial charge is 0.371 e. The fraction of sp³-hybridized carbons (Fsp3) is 0.824. The van der Waals surface area contributed by atoms with Crippen molar-refractivity contribution in [3.05, 3.63) is 16.1 Å². The molecule has 0 N–H and O–H groups in total. The molecule has 22 heavy (non-hydrogen) atoms. The van der Waals surface area contributed by atoms with Crippen molar-refractivity contribution in [3.8, 4) is 0 Å². The van der Waals surface area contributed by atoms with Gasteiger partial charge in [-0.25, -0.2) is 4.98 Å². The van der Waals surface area contributed by atoms with Crippen molar-refractivity contribution in [1.29, 1.82) is 0 Å². The van der Waals surface area contributed by atoms with Gasteiger partial charge in [0.05, 0.1) is 35.6 Å². The molecule has 5 heteroatoms. The van der Waals surface area contributed by atoms with E-state index in [-0.39, 0.29) is 11.7 Å². The number of ether oxygens (including phenoxy) is 2. The minimum atomic E-state index is 0.0758. The molecule has 0 unspecified atom stereocenters. The van der Waals surface area contributed by atoms with Gasteiger partial charge in [0, 0.05) is 31.4 Å². The maximum absolute atomic E-state index is 6.19. The van der Waals surface area contributed by atoms with E-state index in [0.717, 1.165) is 36.2 Å². The summed E-state index contributed by atoms with van der Waals surface area (Å²) in [6.45, 7) is 7.01. The Kier molecular flexibility index (Phi) is 4.24. The highest BCUT2D eigenvalue weighted by Gasteiger charge is 2.46. The topological polar surface area (TPSA) is 34.6 Å². The number of aryl methyl sites for hydroxylation is 1. The molecule has 2 aliphatic heterocycles. The van der Waals surface area contributed by atoms with Gasteiger partial charge in [0.1, 0.15) is 0 Å². The van der Waals surface area contributed by atoms with Crippen LogP contribution in [-0.2, 0) is 16.1 Å².